The number of nitrogens with one attached hydrogen (secondary N) is 2. The molecule has 0 bridgehead atoms. The van der Waals surface area contributed by atoms with Gasteiger partial charge in [0.05, 0.1) is 5.69 Å². The van der Waals surface area contributed by atoms with Gasteiger partial charge in [-0.25, -0.2) is 9.59 Å². The number of thiophene rings is 1. The molecule has 0 unspecified atom stereocenters. The van der Waals surface area contributed by atoms with Gasteiger partial charge in [-0.15, -0.1) is 11.3 Å². The molecule has 220 valence electrons. The lowest BCUT2D eigenvalue weighted by Crippen LogP contribution is -2.43. The zero-order chi connectivity index (χ0) is 30.0. The lowest BCUT2D eigenvalue weighted by Gasteiger charge is -2.25. The van der Waals surface area contributed by atoms with E-state index in [1.54, 1.807) is 43.3 Å². The number of rotatable bonds is 12. The van der Waals surface area contributed by atoms with E-state index in [2.05, 4.69) is 40.7 Å². The molecule has 3 aromatic rings. The van der Waals surface area contributed by atoms with Crippen LogP contribution in [0, 0.1) is 6.92 Å². The first-order chi connectivity index (χ1) is 19.4. The zero-order valence-corrected chi connectivity index (χ0v) is 25.6. The number of ether oxygens (including phenoxy) is 1. The summed E-state index contributed by atoms with van der Waals surface area (Å²) >= 11 is 1.40. The van der Waals surface area contributed by atoms with Crippen molar-refractivity contribution in [1.82, 2.24) is 20.1 Å². The van der Waals surface area contributed by atoms with Crippen molar-refractivity contribution in [2.75, 3.05) is 39.0 Å². The van der Waals surface area contributed by atoms with E-state index in [-0.39, 0.29) is 18.2 Å². The molecule has 0 radical (unpaired) electrons. The Kier molecular flexibility index (Phi) is 11.4. The highest BCUT2D eigenvalue weighted by Crippen LogP contribution is 2.23. The van der Waals surface area contributed by atoms with Crippen LogP contribution in [0.4, 0.5) is 15.3 Å². The minimum atomic E-state index is -0.619. The van der Waals surface area contributed by atoms with Gasteiger partial charge in [0.15, 0.2) is 5.78 Å². The maximum Gasteiger partial charge on any atom is 0.412 e. The van der Waals surface area contributed by atoms with Gasteiger partial charge in [0, 0.05) is 44.2 Å². The minimum absolute atomic E-state index is 0.0965. The molecule has 0 spiro atoms. The first-order valence-electron chi connectivity index (χ1n) is 13.7. The van der Waals surface area contributed by atoms with Crippen molar-refractivity contribution in [2.24, 2.45) is 0 Å². The predicted octanol–water partition coefficient (Wildman–Crippen LogP) is 5.54. The third kappa shape index (κ3) is 11.0. The fraction of sp³-hybridized carbons (Fsp3) is 0.419. The van der Waals surface area contributed by atoms with Crippen molar-refractivity contribution in [2.45, 2.75) is 52.7 Å². The molecule has 2 heterocycles. The van der Waals surface area contributed by atoms with E-state index in [4.69, 9.17) is 4.74 Å². The predicted molar refractivity (Wildman–Crippen MR) is 164 cm³/mol. The SMILES string of the molecule is Cc1cccc(CCNC(=O)N(CCN(C)C)Cc2ccc(C(=O)Cc3cscc3NC(=O)OC(C)(C)C)nc2)c1. The van der Waals surface area contributed by atoms with E-state index in [1.165, 1.54) is 22.5 Å². The van der Waals surface area contributed by atoms with Crippen molar-refractivity contribution in [1.29, 1.82) is 0 Å². The molecule has 0 saturated carbocycles. The van der Waals surface area contributed by atoms with Crippen molar-refractivity contribution < 1.29 is 19.1 Å². The molecule has 9 nitrogen and oxygen atoms in total. The summed E-state index contributed by atoms with van der Waals surface area (Å²) in [6, 6.07) is 11.7. The largest absolute Gasteiger partial charge is 0.444 e. The third-order valence-corrected chi connectivity index (χ3v) is 6.88. The summed E-state index contributed by atoms with van der Waals surface area (Å²) < 4.78 is 5.32. The second-order valence-electron chi connectivity index (χ2n) is 11.3. The summed E-state index contributed by atoms with van der Waals surface area (Å²) in [5, 5.41) is 9.36. The topological polar surface area (TPSA) is 104 Å². The summed E-state index contributed by atoms with van der Waals surface area (Å²) in [4.78, 5) is 46.4. The van der Waals surface area contributed by atoms with Gasteiger partial charge < -0.3 is 19.9 Å². The quantitative estimate of drug-likeness (QED) is 0.273. The van der Waals surface area contributed by atoms with E-state index in [9.17, 15) is 14.4 Å². The molecule has 0 atom stereocenters. The number of urea groups is 1. The third-order valence-electron chi connectivity index (χ3n) is 6.09. The fourth-order valence-electron chi connectivity index (χ4n) is 4.02. The van der Waals surface area contributed by atoms with E-state index in [0.717, 1.165) is 18.5 Å². The molecule has 3 amide bonds. The molecule has 1 aromatic carbocycles. The second-order valence-corrected chi connectivity index (χ2v) is 12.0. The summed E-state index contributed by atoms with van der Waals surface area (Å²) in [6.07, 6.45) is 1.93. The van der Waals surface area contributed by atoms with Gasteiger partial charge in [-0.3, -0.25) is 15.1 Å². The highest BCUT2D eigenvalue weighted by Gasteiger charge is 2.19. The van der Waals surface area contributed by atoms with Crippen LogP contribution < -0.4 is 10.6 Å². The Morgan fingerprint density at radius 3 is 2.46 bits per heavy atom. The smallest absolute Gasteiger partial charge is 0.412 e. The molecule has 0 aliphatic heterocycles. The number of Topliss-reactive ketones (excluding diaryl/α,β-unsaturated/α-hetero) is 1. The van der Waals surface area contributed by atoms with Gasteiger partial charge in [-0.2, -0.15) is 0 Å². The van der Waals surface area contributed by atoms with Crippen molar-refractivity contribution >= 4 is 34.9 Å². The number of pyridine rings is 1. The Bertz CT molecular complexity index is 1310. The van der Waals surface area contributed by atoms with Crippen LogP contribution in [0.2, 0.25) is 0 Å². The van der Waals surface area contributed by atoms with E-state index in [1.807, 2.05) is 36.5 Å². The molecular formula is C31H41N5O4S. The Hall–Kier alpha value is -3.76. The first-order valence-corrected chi connectivity index (χ1v) is 14.6. The molecule has 0 fully saturated rings. The normalized spacial score (nSPS) is 11.3. The van der Waals surface area contributed by atoms with Gasteiger partial charge in [0.2, 0.25) is 0 Å². The number of hydrogen-bond acceptors (Lipinski definition) is 7. The number of likely N-dealkylation sites (N-methyl/N-ethyl adjacent to an activating group) is 1. The highest BCUT2D eigenvalue weighted by atomic mass is 32.1. The maximum absolute atomic E-state index is 13.0. The molecular weight excluding hydrogens is 538 g/mol. The lowest BCUT2D eigenvalue weighted by atomic mass is 10.1. The zero-order valence-electron chi connectivity index (χ0n) is 24.8. The van der Waals surface area contributed by atoms with Crippen molar-refractivity contribution in [3.05, 3.63) is 81.3 Å². The standard InChI is InChI=1S/C31H41N5O4S/c1-22-8-7-9-23(16-22)12-13-32-29(38)36(15-14-35(5)6)19-24-10-11-26(33-18-24)28(37)17-25-20-41-21-27(25)34-30(39)40-31(2,3)4/h7-11,16,18,20-21H,12-15,17,19H2,1-6H3,(H,32,38)(H,34,39). The molecule has 0 aliphatic rings. The second kappa shape index (κ2) is 14.7. The Morgan fingerprint density at radius 2 is 1.80 bits per heavy atom. The average molecular weight is 580 g/mol. The highest BCUT2D eigenvalue weighted by molar-refractivity contribution is 7.08. The minimum Gasteiger partial charge on any atom is -0.444 e. The van der Waals surface area contributed by atoms with Crippen molar-refractivity contribution in [3.8, 4) is 0 Å². The molecule has 2 aromatic heterocycles. The first kappa shape index (κ1) is 31.8. The van der Waals surface area contributed by atoms with Crippen LogP contribution in [-0.4, -0.2) is 72.0 Å². The molecule has 0 aliphatic carbocycles. The summed E-state index contributed by atoms with van der Waals surface area (Å²) in [7, 11) is 3.94. The monoisotopic (exact) mass is 579 g/mol. The number of anilines is 1. The number of aromatic nitrogens is 1. The molecule has 3 rings (SSSR count). The van der Waals surface area contributed by atoms with Crippen LogP contribution in [0.5, 0.6) is 0 Å². The lowest BCUT2D eigenvalue weighted by molar-refractivity contribution is 0.0635. The Labute approximate surface area is 246 Å². The number of benzene rings is 1. The fourth-order valence-corrected chi connectivity index (χ4v) is 4.81. The number of amides is 3. The van der Waals surface area contributed by atoms with E-state index in [0.29, 0.717) is 36.6 Å². The van der Waals surface area contributed by atoms with Crippen LogP contribution in [0.15, 0.2) is 53.4 Å². The number of aryl methyl sites for hydroxylation is 1. The number of hydrogen-bond donors (Lipinski definition) is 2. The van der Waals surface area contributed by atoms with Gasteiger partial charge in [0.1, 0.15) is 11.3 Å². The molecule has 0 saturated heterocycles. The van der Waals surface area contributed by atoms with Gasteiger partial charge >= 0.3 is 12.1 Å². The average Bonchev–Trinajstić information content (AvgIpc) is 3.31. The summed E-state index contributed by atoms with van der Waals surface area (Å²) in [5.41, 5.74) is 4.18. The van der Waals surface area contributed by atoms with E-state index >= 15 is 0 Å². The van der Waals surface area contributed by atoms with E-state index < -0.39 is 11.7 Å². The number of carbonyl (C=O) groups is 3. The molecule has 10 heteroatoms. The molecule has 41 heavy (non-hydrogen) atoms. The van der Waals surface area contributed by atoms with Gasteiger partial charge in [0.25, 0.3) is 0 Å². The Morgan fingerprint density at radius 1 is 1.02 bits per heavy atom. The number of carbonyl (C=O) groups excluding carboxylic acids is 3. The number of nitrogens with zero attached hydrogens (tertiary/aromatic N) is 3. The van der Waals surface area contributed by atoms with Crippen LogP contribution in [-0.2, 0) is 24.1 Å². The Balaban J connectivity index is 1.59. The van der Waals surface area contributed by atoms with Crippen LogP contribution in [0.3, 0.4) is 0 Å². The van der Waals surface area contributed by atoms with Gasteiger partial charge in [-0.1, -0.05) is 35.9 Å². The molecule has 2 N–H and O–H groups in total. The van der Waals surface area contributed by atoms with Crippen LogP contribution >= 0.6 is 11.3 Å². The number of ketones is 1. The summed E-state index contributed by atoms with van der Waals surface area (Å²) in [6.45, 7) is 9.62. The maximum atomic E-state index is 13.0. The van der Waals surface area contributed by atoms with Crippen LogP contribution in [0.25, 0.3) is 0 Å². The van der Waals surface area contributed by atoms with Gasteiger partial charge in [-0.05, 0) is 76.3 Å². The van der Waals surface area contributed by atoms with Crippen molar-refractivity contribution in [3.63, 3.8) is 0 Å². The van der Waals surface area contributed by atoms with Crippen LogP contribution in [0.1, 0.15) is 53.5 Å². The summed E-state index contributed by atoms with van der Waals surface area (Å²) in [5.74, 6) is -0.166.